The van der Waals surface area contributed by atoms with Crippen LogP contribution in [0.3, 0.4) is 0 Å². The number of ketones is 1. The van der Waals surface area contributed by atoms with E-state index in [1.54, 1.807) is 6.07 Å². The summed E-state index contributed by atoms with van der Waals surface area (Å²) in [5, 5.41) is 10.3. The Morgan fingerprint density at radius 1 is 1.18 bits per heavy atom. The van der Waals surface area contributed by atoms with Crippen LogP contribution < -0.4 is 0 Å². The van der Waals surface area contributed by atoms with E-state index < -0.39 is 5.60 Å². The molecular weight excluding hydrogens is 436 g/mol. The van der Waals surface area contributed by atoms with E-state index in [0.29, 0.717) is 54.8 Å². The molecule has 0 fully saturated rings. The molecule has 6 heteroatoms. The summed E-state index contributed by atoms with van der Waals surface area (Å²) in [7, 11) is 0. The summed E-state index contributed by atoms with van der Waals surface area (Å²) in [6.07, 6.45) is 6.27. The Balaban J connectivity index is 1.52. The van der Waals surface area contributed by atoms with Crippen molar-refractivity contribution in [3.05, 3.63) is 70.4 Å². The highest BCUT2D eigenvalue weighted by Crippen LogP contribution is 2.43. The zero-order valence-corrected chi connectivity index (χ0v) is 19.5. The molecule has 170 valence electrons. The number of esters is 1. The molecule has 1 aromatic heterocycles. The molecule has 2 aromatic carbocycles. The summed E-state index contributed by atoms with van der Waals surface area (Å²) < 4.78 is 7.91. The van der Waals surface area contributed by atoms with Gasteiger partial charge in [-0.2, -0.15) is 5.26 Å². The molecule has 1 atom stereocenters. The molecule has 0 amide bonds. The van der Waals surface area contributed by atoms with Gasteiger partial charge in [-0.1, -0.05) is 49.2 Å². The molecule has 1 aliphatic heterocycles. The number of rotatable bonds is 10. The number of unbranched alkanes of at least 4 members (excludes halogenated alkanes) is 1. The summed E-state index contributed by atoms with van der Waals surface area (Å²) in [6, 6.07) is 15.3. The number of aromatic nitrogens is 1. The number of cyclic esters (lactones) is 1. The van der Waals surface area contributed by atoms with Gasteiger partial charge in [-0.15, -0.1) is 0 Å². The van der Waals surface area contributed by atoms with Crippen molar-refractivity contribution in [1.29, 1.82) is 5.26 Å². The van der Waals surface area contributed by atoms with Gasteiger partial charge in [0, 0.05) is 47.1 Å². The number of aryl methyl sites for hydroxylation is 1. The number of fused-ring (bicyclic) bond motifs is 2. The predicted octanol–water partition coefficient (Wildman–Crippen LogP) is 6.82. The first-order chi connectivity index (χ1) is 16.0. The standard InChI is InChI=1S/C27H27ClN2O3/c1-2-13-27(23-9-4-3-8-21(23)26(32)33-27)14-7-10-25(31)22-18-30(16-6-5-15-29)24-17-19(28)11-12-20(22)24/h3-4,8-9,11-12,17-18H,2,5-7,10,13-14,16H2,1H3. The number of nitrogens with zero attached hydrogens (tertiary/aromatic N) is 2. The molecule has 0 bridgehead atoms. The molecule has 0 N–H and O–H groups in total. The van der Waals surface area contributed by atoms with Crippen LogP contribution in [0.4, 0.5) is 0 Å². The number of halogens is 1. The van der Waals surface area contributed by atoms with E-state index in [2.05, 4.69) is 13.0 Å². The second kappa shape index (κ2) is 9.80. The van der Waals surface area contributed by atoms with Crippen LogP contribution in [0.15, 0.2) is 48.7 Å². The molecule has 1 unspecified atom stereocenters. The summed E-state index contributed by atoms with van der Waals surface area (Å²) in [5.41, 5.74) is 2.50. The number of ether oxygens (including phenoxy) is 1. The Morgan fingerprint density at radius 3 is 2.79 bits per heavy atom. The molecule has 0 saturated heterocycles. The van der Waals surface area contributed by atoms with E-state index in [1.807, 2.05) is 47.2 Å². The SMILES string of the molecule is CCCC1(CCCC(=O)c2cn(CCCC#N)c3cc(Cl)ccc23)OC(=O)c2ccccc21. The fraction of sp³-hybridized carbons (Fsp3) is 0.370. The van der Waals surface area contributed by atoms with Crippen LogP contribution in [0.2, 0.25) is 5.02 Å². The van der Waals surface area contributed by atoms with E-state index in [4.69, 9.17) is 21.6 Å². The third kappa shape index (κ3) is 4.54. The molecule has 4 rings (SSSR count). The maximum absolute atomic E-state index is 13.2. The average Bonchev–Trinajstić information content (AvgIpc) is 3.30. The Labute approximate surface area is 198 Å². The Bertz CT molecular complexity index is 1240. The van der Waals surface area contributed by atoms with E-state index in [1.165, 1.54) is 0 Å². The number of benzene rings is 2. The highest BCUT2D eigenvalue weighted by atomic mass is 35.5. The zero-order valence-electron chi connectivity index (χ0n) is 18.8. The van der Waals surface area contributed by atoms with Crippen molar-refractivity contribution in [3.8, 4) is 6.07 Å². The first kappa shape index (κ1) is 23.1. The molecule has 0 aliphatic carbocycles. The molecular formula is C27H27ClN2O3. The number of carbonyl (C=O) groups is 2. The van der Waals surface area contributed by atoms with E-state index >= 15 is 0 Å². The molecule has 0 saturated carbocycles. The van der Waals surface area contributed by atoms with Crippen LogP contribution in [-0.2, 0) is 16.9 Å². The first-order valence-electron chi connectivity index (χ1n) is 11.5. The van der Waals surface area contributed by atoms with Gasteiger partial charge in [-0.05, 0) is 43.9 Å². The topological polar surface area (TPSA) is 72.1 Å². The Kier molecular flexibility index (Phi) is 6.85. The fourth-order valence-electron chi connectivity index (χ4n) is 4.92. The van der Waals surface area contributed by atoms with Crippen molar-refractivity contribution >= 4 is 34.3 Å². The summed E-state index contributed by atoms with van der Waals surface area (Å²) >= 11 is 6.20. The van der Waals surface area contributed by atoms with Gasteiger partial charge < -0.3 is 9.30 Å². The van der Waals surface area contributed by atoms with Gasteiger partial charge in [-0.25, -0.2) is 4.79 Å². The lowest BCUT2D eigenvalue weighted by molar-refractivity contribution is -0.0189. The normalized spacial score (nSPS) is 17.1. The van der Waals surface area contributed by atoms with E-state index in [-0.39, 0.29) is 11.8 Å². The average molecular weight is 463 g/mol. The number of nitriles is 1. The number of carbonyl (C=O) groups excluding carboxylic acids is 2. The van der Waals surface area contributed by atoms with Crippen molar-refractivity contribution in [2.45, 2.75) is 64.0 Å². The van der Waals surface area contributed by atoms with Crippen LogP contribution in [0.25, 0.3) is 10.9 Å². The van der Waals surface area contributed by atoms with Gasteiger partial charge in [0.1, 0.15) is 5.60 Å². The van der Waals surface area contributed by atoms with Crippen LogP contribution in [0.1, 0.15) is 78.1 Å². The van der Waals surface area contributed by atoms with Crippen LogP contribution >= 0.6 is 11.6 Å². The van der Waals surface area contributed by atoms with E-state index in [9.17, 15) is 9.59 Å². The summed E-state index contributed by atoms with van der Waals surface area (Å²) in [5.74, 6) is -0.215. The van der Waals surface area contributed by atoms with Crippen molar-refractivity contribution < 1.29 is 14.3 Å². The van der Waals surface area contributed by atoms with Gasteiger partial charge in [0.15, 0.2) is 5.78 Å². The molecule has 2 heterocycles. The third-order valence-electron chi connectivity index (χ3n) is 6.40. The van der Waals surface area contributed by atoms with Crippen LogP contribution in [-0.4, -0.2) is 16.3 Å². The first-order valence-corrected chi connectivity index (χ1v) is 11.9. The summed E-state index contributed by atoms with van der Waals surface area (Å²) in [4.78, 5) is 25.7. The van der Waals surface area contributed by atoms with Crippen molar-refractivity contribution in [3.63, 3.8) is 0 Å². The maximum atomic E-state index is 13.2. The van der Waals surface area contributed by atoms with Gasteiger partial charge in [-0.3, -0.25) is 4.79 Å². The minimum absolute atomic E-state index is 0.0608. The maximum Gasteiger partial charge on any atom is 0.339 e. The monoisotopic (exact) mass is 462 g/mol. The van der Waals surface area contributed by atoms with Gasteiger partial charge in [0.2, 0.25) is 0 Å². The smallest absolute Gasteiger partial charge is 0.339 e. The quantitative estimate of drug-likeness (QED) is 0.188. The fourth-order valence-corrected chi connectivity index (χ4v) is 5.08. The Morgan fingerprint density at radius 2 is 2.00 bits per heavy atom. The van der Waals surface area contributed by atoms with Crippen molar-refractivity contribution in [2.24, 2.45) is 0 Å². The molecule has 33 heavy (non-hydrogen) atoms. The lowest BCUT2D eigenvalue weighted by Crippen LogP contribution is -2.26. The highest BCUT2D eigenvalue weighted by molar-refractivity contribution is 6.31. The van der Waals surface area contributed by atoms with Crippen LogP contribution in [0, 0.1) is 11.3 Å². The third-order valence-corrected chi connectivity index (χ3v) is 6.63. The minimum Gasteiger partial charge on any atom is -0.451 e. The number of Topliss-reactive ketones (excluding diaryl/α,β-unsaturated/α-hetero) is 1. The largest absolute Gasteiger partial charge is 0.451 e. The molecule has 3 aromatic rings. The van der Waals surface area contributed by atoms with E-state index in [0.717, 1.165) is 29.3 Å². The lowest BCUT2D eigenvalue weighted by atomic mass is 9.83. The second-order valence-corrected chi connectivity index (χ2v) is 9.05. The summed E-state index contributed by atoms with van der Waals surface area (Å²) in [6.45, 7) is 2.73. The molecule has 0 radical (unpaired) electrons. The van der Waals surface area contributed by atoms with Gasteiger partial charge in [0.05, 0.1) is 17.1 Å². The molecule has 0 spiro atoms. The van der Waals surface area contributed by atoms with Gasteiger partial charge in [0.25, 0.3) is 0 Å². The van der Waals surface area contributed by atoms with Crippen molar-refractivity contribution in [2.75, 3.05) is 0 Å². The number of hydrogen-bond acceptors (Lipinski definition) is 4. The lowest BCUT2D eigenvalue weighted by Gasteiger charge is -2.28. The number of hydrogen-bond donors (Lipinski definition) is 0. The zero-order chi connectivity index (χ0) is 23.4. The molecule has 1 aliphatic rings. The Hall–Kier alpha value is -3.10. The van der Waals surface area contributed by atoms with Crippen LogP contribution in [0.5, 0.6) is 0 Å². The van der Waals surface area contributed by atoms with Crippen molar-refractivity contribution in [1.82, 2.24) is 4.57 Å². The predicted molar refractivity (Wildman–Crippen MR) is 128 cm³/mol. The second-order valence-electron chi connectivity index (χ2n) is 8.62. The minimum atomic E-state index is -0.651. The molecule has 5 nitrogen and oxygen atoms in total. The van der Waals surface area contributed by atoms with Gasteiger partial charge >= 0.3 is 5.97 Å². The highest BCUT2D eigenvalue weighted by Gasteiger charge is 2.44.